The lowest BCUT2D eigenvalue weighted by Crippen LogP contribution is -2.36. The molecule has 0 fully saturated rings. The van der Waals surface area contributed by atoms with Crippen LogP contribution in [0.2, 0.25) is 0 Å². The standard InChI is InChI=1S/C9H11N3O/c1-6-3-4-10-9-8(6)12(2)5-7(13)11-9/h3-4H,5H2,1-2H3,(H,10,11,13). The number of amides is 1. The summed E-state index contributed by atoms with van der Waals surface area (Å²) in [5, 5.41) is 2.74. The molecule has 0 atom stereocenters. The maximum Gasteiger partial charge on any atom is 0.245 e. The molecule has 0 spiro atoms. The highest BCUT2D eigenvalue weighted by Gasteiger charge is 2.21. The van der Waals surface area contributed by atoms with E-state index in [1.165, 1.54) is 0 Å². The number of likely N-dealkylation sites (N-methyl/N-ethyl adjacent to an activating group) is 1. The molecule has 13 heavy (non-hydrogen) atoms. The van der Waals surface area contributed by atoms with Gasteiger partial charge >= 0.3 is 0 Å². The Morgan fingerprint density at radius 2 is 2.38 bits per heavy atom. The zero-order valence-corrected chi connectivity index (χ0v) is 7.66. The lowest BCUT2D eigenvalue weighted by Gasteiger charge is -2.27. The van der Waals surface area contributed by atoms with E-state index in [1.54, 1.807) is 6.20 Å². The van der Waals surface area contributed by atoms with Crippen molar-refractivity contribution in [2.45, 2.75) is 6.92 Å². The second-order valence-corrected chi connectivity index (χ2v) is 3.23. The van der Waals surface area contributed by atoms with E-state index in [-0.39, 0.29) is 5.91 Å². The molecule has 68 valence electrons. The number of rotatable bonds is 0. The van der Waals surface area contributed by atoms with Gasteiger partial charge in [-0.05, 0) is 18.6 Å². The van der Waals surface area contributed by atoms with Gasteiger partial charge in [-0.1, -0.05) is 0 Å². The smallest absolute Gasteiger partial charge is 0.245 e. The lowest BCUT2D eigenvalue weighted by atomic mass is 10.2. The molecule has 1 aromatic rings. The highest BCUT2D eigenvalue weighted by atomic mass is 16.2. The van der Waals surface area contributed by atoms with Crippen molar-refractivity contribution in [3.8, 4) is 0 Å². The Hall–Kier alpha value is -1.58. The number of pyridine rings is 1. The molecule has 1 aliphatic rings. The number of hydrogen-bond donors (Lipinski definition) is 1. The molecule has 1 aromatic heterocycles. The molecule has 0 aliphatic carbocycles. The molecule has 1 amide bonds. The molecule has 0 radical (unpaired) electrons. The Morgan fingerprint density at radius 1 is 1.62 bits per heavy atom. The summed E-state index contributed by atoms with van der Waals surface area (Å²) in [6.07, 6.45) is 1.70. The third kappa shape index (κ3) is 1.24. The summed E-state index contributed by atoms with van der Waals surface area (Å²) in [5.74, 6) is 0.659. The molecule has 2 rings (SSSR count). The van der Waals surface area contributed by atoms with E-state index in [9.17, 15) is 4.79 Å². The van der Waals surface area contributed by atoms with Gasteiger partial charge in [0.2, 0.25) is 5.91 Å². The number of aromatic nitrogens is 1. The van der Waals surface area contributed by atoms with Crippen LogP contribution in [0.5, 0.6) is 0 Å². The normalized spacial score (nSPS) is 15.2. The highest BCUT2D eigenvalue weighted by Crippen LogP contribution is 2.28. The number of anilines is 2. The SMILES string of the molecule is Cc1ccnc2c1N(C)CC(=O)N2. The fraction of sp³-hybridized carbons (Fsp3) is 0.333. The van der Waals surface area contributed by atoms with E-state index in [4.69, 9.17) is 0 Å². The van der Waals surface area contributed by atoms with E-state index in [1.807, 2.05) is 24.9 Å². The maximum absolute atomic E-state index is 11.2. The summed E-state index contributed by atoms with van der Waals surface area (Å²) >= 11 is 0. The second-order valence-electron chi connectivity index (χ2n) is 3.23. The van der Waals surface area contributed by atoms with Crippen molar-refractivity contribution in [1.82, 2.24) is 4.98 Å². The number of nitrogens with one attached hydrogen (secondary N) is 1. The average molecular weight is 177 g/mol. The number of carbonyl (C=O) groups is 1. The minimum Gasteiger partial charge on any atom is -0.362 e. The van der Waals surface area contributed by atoms with Crippen LogP contribution in [0.15, 0.2) is 12.3 Å². The van der Waals surface area contributed by atoms with Gasteiger partial charge in [-0.2, -0.15) is 0 Å². The summed E-state index contributed by atoms with van der Waals surface area (Å²) in [5.41, 5.74) is 2.15. The predicted octanol–water partition coefficient (Wildman–Crippen LogP) is 0.778. The Labute approximate surface area is 76.6 Å². The van der Waals surface area contributed by atoms with E-state index in [0.29, 0.717) is 12.4 Å². The first-order valence-corrected chi connectivity index (χ1v) is 4.15. The van der Waals surface area contributed by atoms with Gasteiger partial charge in [0.05, 0.1) is 12.2 Å². The minimum absolute atomic E-state index is 0.00639. The predicted molar refractivity (Wildman–Crippen MR) is 50.9 cm³/mol. The van der Waals surface area contributed by atoms with Crippen LogP contribution in [-0.2, 0) is 4.79 Å². The largest absolute Gasteiger partial charge is 0.362 e. The Bertz CT molecular complexity index is 362. The average Bonchev–Trinajstić information content (AvgIpc) is 2.02. The highest BCUT2D eigenvalue weighted by molar-refractivity contribution is 6.00. The fourth-order valence-corrected chi connectivity index (χ4v) is 1.59. The van der Waals surface area contributed by atoms with Crippen LogP contribution in [0.25, 0.3) is 0 Å². The molecule has 0 saturated carbocycles. The first kappa shape index (κ1) is 8.04. The van der Waals surface area contributed by atoms with Gasteiger partial charge in [0.25, 0.3) is 0 Å². The minimum atomic E-state index is -0.00639. The second kappa shape index (κ2) is 2.73. The number of nitrogens with zero attached hydrogens (tertiary/aromatic N) is 2. The van der Waals surface area contributed by atoms with Crippen LogP contribution >= 0.6 is 0 Å². The van der Waals surface area contributed by atoms with Gasteiger partial charge in [0, 0.05) is 13.2 Å². The quantitative estimate of drug-likeness (QED) is 0.637. The van der Waals surface area contributed by atoms with Crippen molar-refractivity contribution in [1.29, 1.82) is 0 Å². The van der Waals surface area contributed by atoms with Crippen molar-refractivity contribution in [3.05, 3.63) is 17.8 Å². The van der Waals surface area contributed by atoms with Crippen molar-refractivity contribution >= 4 is 17.4 Å². The van der Waals surface area contributed by atoms with E-state index in [0.717, 1.165) is 11.3 Å². The van der Waals surface area contributed by atoms with Gasteiger partial charge in [-0.3, -0.25) is 4.79 Å². The number of aryl methyl sites for hydroxylation is 1. The molecular formula is C9H11N3O. The van der Waals surface area contributed by atoms with Gasteiger partial charge in [-0.25, -0.2) is 4.98 Å². The molecular weight excluding hydrogens is 166 g/mol. The first-order valence-electron chi connectivity index (χ1n) is 4.15. The molecule has 4 heteroatoms. The van der Waals surface area contributed by atoms with Crippen LogP contribution in [0, 0.1) is 6.92 Å². The Balaban J connectivity index is 2.55. The molecule has 1 N–H and O–H groups in total. The van der Waals surface area contributed by atoms with Crippen LogP contribution in [0.1, 0.15) is 5.56 Å². The third-order valence-corrected chi connectivity index (χ3v) is 2.15. The van der Waals surface area contributed by atoms with Crippen LogP contribution in [-0.4, -0.2) is 24.5 Å². The molecule has 4 nitrogen and oxygen atoms in total. The molecule has 2 heterocycles. The number of hydrogen-bond acceptors (Lipinski definition) is 3. The topological polar surface area (TPSA) is 45.2 Å². The molecule has 1 aliphatic heterocycles. The fourth-order valence-electron chi connectivity index (χ4n) is 1.59. The maximum atomic E-state index is 11.2. The van der Waals surface area contributed by atoms with Gasteiger partial charge < -0.3 is 10.2 Å². The number of carbonyl (C=O) groups excluding carboxylic acids is 1. The summed E-state index contributed by atoms with van der Waals surface area (Å²) in [7, 11) is 1.90. The van der Waals surface area contributed by atoms with Crippen molar-refractivity contribution in [2.24, 2.45) is 0 Å². The Morgan fingerprint density at radius 3 is 3.15 bits per heavy atom. The van der Waals surface area contributed by atoms with Crippen LogP contribution in [0.3, 0.4) is 0 Å². The van der Waals surface area contributed by atoms with Crippen LogP contribution < -0.4 is 10.2 Å². The van der Waals surface area contributed by atoms with E-state index < -0.39 is 0 Å². The Kier molecular flexibility index (Phi) is 1.69. The van der Waals surface area contributed by atoms with Crippen LogP contribution in [0.4, 0.5) is 11.5 Å². The molecule has 0 aromatic carbocycles. The monoisotopic (exact) mass is 177 g/mol. The van der Waals surface area contributed by atoms with E-state index in [2.05, 4.69) is 10.3 Å². The van der Waals surface area contributed by atoms with Crippen molar-refractivity contribution < 1.29 is 4.79 Å². The molecule has 0 unspecified atom stereocenters. The zero-order chi connectivity index (χ0) is 9.42. The summed E-state index contributed by atoms with van der Waals surface area (Å²) in [4.78, 5) is 17.2. The molecule has 0 bridgehead atoms. The molecule has 0 saturated heterocycles. The van der Waals surface area contributed by atoms with Gasteiger partial charge in [0.15, 0.2) is 5.82 Å². The lowest BCUT2D eigenvalue weighted by molar-refractivity contribution is -0.115. The third-order valence-electron chi connectivity index (χ3n) is 2.15. The summed E-state index contributed by atoms with van der Waals surface area (Å²) in [6, 6.07) is 1.94. The summed E-state index contributed by atoms with van der Waals surface area (Å²) < 4.78 is 0. The summed E-state index contributed by atoms with van der Waals surface area (Å²) in [6.45, 7) is 2.41. The first-order chi connectivity index (χ1) is 6.18. The van der Waals surface area contributed by atoms with Crippen molar-refractivity contribution in [3.63, 3.8) is 0 Å². The zero-order valence-electron chi connectivity index (χ0n) is 7.66. The number of fused-ring (bicyclic) bond motifs is 1. The van der Waals surface area contributed by atoms with E-state index >= 15 is 0 Å². The van der Waals surface area contributed by atoms with Gasteiger partial charge in [-0.15, -0.1) is 0 Å². The van der Waals surface area contributed by atoms with Gasteiger partial charge in [0.1, 0.15) is 0 Å². The van der Waals surface area contributed by atoms with Crippen molar-refractivity contribution in [2.75, 3.05) is 23.8 Å².